The Labute approximate surface area is 120 Å². The van der Waals surface area contributed by atoms with Crippen LogP contribution in [0.3, 0.4) is 0 Å². The Balaban J connectivity index is 2.47. The molecular weight excluding hydrogens is 339 g/mol. The quantitative estimate of drug-likeness (QED) is 0.650. The van der Waals surface area contributed by atoms with Crippen LogP contribution in [0.5, 0.6) is 11.5 Å². The van der Waals surface area contributed by atoms with E-state index < -0.39 is 0 Å². The van der Waals surface area contributed by atoms with Gasteiger partial charge >= 0.3 is 0 Å². The van der Waals surface area contributed by atoms with E-state index in [0.717, 1.165) is 15.6 Å². The summed E-state index contributed by atoms with van der Waals surface area (Å²) in [5, 5.41) is 18.7. The van der Waals surface area contributed by atoms with E-state index >= 15 is 0 Å². The topological polar surface area (TPSA) is 40.5 Å². The molecule has 0 heterocycles. The van der Waals surface area contributed by atoms with Crippen LogP contribution in [0.1, 0.15) is 18.1 Å². The molecule has 2 nitrogen and oxygen atoms in total. The van der Waals surface area contributed by atoms with Gasteiger partial charge in [-0.05, 0) is 35.4 Å². The van der Waals surface area contributed by atoms with Gasteiger partial charge in [0, 0.05) is 9.84 Å². The lowest BCUT2D eigenvalue weighted by atomic mass is 9.78. The van der Waals surface area contributed by atoms with Crippen LogP contribution >= 0.6 is 22.6 Å². The number of benzene rings is 2. The molecule has 0 atom stereocenters. The maximum absolute atomic E-state index is 9.37. The Morgan fingerprint density at radius 3 is 1.44 bits per heavy atom. The first kappa shape index (κ1) is 13.2. The van der Waals surface area contributed by atoms with Crippen molar-refractivity contribution in [2.75, 3.05) is 4.43 Å². The maximum atomic E-state index is 9.37. The molecule has 0 fully saturated rings. The second-order valence-electron chi connectivity index (χ2n) is 4.56. The molecular formula is C15H15IO2. The lowest BCUT2D eigenvalue weighted by molar-refractivity contribution is 0.474. The van der Waals surface area contributed by atoms with Crippen molar-refractivity contribution in [1.29, 1.82) is 0 Å². The van der Waals surface area contributed by atoms with E-state index in [1.54, 1.807) is 24.3 Å². The minimum absolute atomic E-state index is 0.123. The van der Waals surface area contributed by atoms with Gasteiger partial charge in [-0.25, -0.2) is 0 Å². The highest BCUT2D eigenvalue weighted by atomic mass is 127. The molecule has 0 aliphatic carbocycles. The van der Waals surface area contributed by atoms with Crippen LogP contribution in [0, 0.1) is 0 Å². The molecule has 0 radical (unpaired) electrons. The average Bonchev–Trinajstić information content (AvgIpc) is 2.39. The van der Waals surface area contributed by atoms with E-state index in [9.17, 15) is 10.2 Å². The standard InChI is InChI=1S/C15H15IO2/c1-15(10-16,11-2-6-13(17)7-3-11)12-4-8-14(18)9-5-12/h2-9,17-18H,10H2,1H3. The van der Waals surface area contributed by atoms with Crippen LogP contribution in [0.2, 0.25) is 0 Å². The van der Waals surface area contributed by atoms with Gasteiger partial charge in [0.25, 0.3) is 0 Å². The molecule has 0 spiro atoms. The number of alkyl halides is 1. The number of rotatable bonds is 3. The van der Waals surface area contributed by atoms with E-state index in [4.69, 9.17) is 0 Å². The van der Waals surface area contributed by atoms with Crippen molar-refractivity contribution in [3.63, 3.8) is 0 Å². The van der Waals surface area contributed by atoms with E-state index in [2.05, 4.69) is 29.5 Å². The summed E-state index contributed by atoms with van der Waals surface area (Å²) in [7, 11) is 0. The van der Waals surface area contributed by atoms with Crippen LogP contribution in [0.15, 0.2) is 48.5 Å². The Morgan fingerprint density at radius 2 is 1.17 bits per heavy atom. The zero-order valence-electron chi connectivity index (χ0n) is 10.1. The fourth-order valence-electron chi connectivity index (χ4n) is 1.98. The summed E-state index contributed by atoms with van der Waals surface area (Å²) in [5.74, 6) is 0.556. The van der Waals surface area contributed by atoms with E-state index in [0.29, 0.717) is 0 Å². The molecule has 0 unspecified atom stereocenters. The van der Waals surface area contributed by atoms with Gasteiger partial charge < -0.3 is 10.2 Å². The first-order chi connectivity index (χ1) is 8.56. The summed E-state index contributed by atoms with van der Waals surface area (Å²) in [6.07, 6.45) is 0. The minimum atomic E-state index is -0.123. The van der Waals surface area contributed by atoms with Crippen molar-refractivity contribution in [1.82, 2.24) is 0 Å². The van der Waals surface area contributed by atoms with Crippen LogP contribution in [-0.4, -0.2) is 14.6 Å². The lowest BCUT2D eigenvalue weighted by Crippen LogP contribution is -2.25. The number of hydrogen-bond donors (Lipinski definition) is 2. The molecule has 0 saturated heterocycles. The molecule has 0 amide bonds. The molecule has 0 saturated carbocycles. The molecule has 94 valence electrons. The predicted molar refractivity (Wildman–Crippen MR) is 81.6 cm³/mol. The van der Waals surface area contributed by atoms with Crippen molar-refractivity contribution in [2.24, 2.45) is 0 Å². The normalized spacial score (nSPS) is 11.4. The smallest absolute Gasteiger partial charge is 0.115 e. The molecule has 2 N–H and O–H groups in total. The summed E-state index contributed by atoms with van der Waals surface area (Å²) < 4.78 is 0.917. The highest BCUT2D eigenvalue weighted by Crippen LogP contribution is 2.35. The van der Waals surface area contributed by atoms with Crippen LogP contribution in [-0.2, 0) is 5.41 Å². The van der Waals surface area contributed by atoms with Crippen molar-refractivity contribution in [3.8, 4) is 11.5 Å². The van der Waals surface area contributed by atoms with Gasteiger partial charge in [0.15, 0.2) is 0 Å². The average molecular weight is 354 g/mol. The third-order valence-corrected chi connectivity index (χ3v) is 4.80. The van der Waals surface area contributed by atoms with E-state index in [-0.39, 0.29) is 16.9 Å². The van der Waals surface area contributed by atoms with Gasteiger partial charge in [0.05, 0.1) is 0 Å². The van der Waals surface area contributed by atoms with Gasteiger partial charge in [0.2, 0.25) is 0 Å². The van der Waals surface area contributed by atoms with Crippen LogP contribution in [0.25, 0.3) is 0 Å². The third kappa shape index (κ3) is 2.46. The summed E-state index contributed by atoms with van der Waals surface area (Å²) in [5.41, 5.74) is 2.18. The van der Waals surface area contributed by atoms with Gasteiger partial charge in [0.1, 0.15) is 11.5 Å². The maximum Gasteiger partial charge on any atom is 0.115 e. The summed E-state index contributed by atoms with van der Waals surface area (Å²) in [6, 6.07) is 14.6. The molecule has 18 heavy (non-hydrogen) atoms. The lowest BCUT2D eigenvalue weighted by Gasteiger charge is -2.29. The summed E-state index contributed by atoms with van der Waals surface area (Å²) in [4.78, 5) is 0. The van der Waals surface area contributed by atoms with Crippen LogP contribution < -0.4 is 0 Å². The fraction of sp³-hybridized carbons (Fsp3) is 0.200. The van der Waals surface area contributed by atoms with Crippen molar-refractivity contribution in [2.45, 2.75) is 12.3 Å². The predicted octanol–water partition coefficient (Wildman–Crippen LogP) is 3.84. The molecule has 2 rings (SSSR count). The molecule has 2 aromatic carbocycles. The fourth-order valence-corrected chi connectivity index (χ4v) is 2.86. The van der Waals surface area contributed by atoms with Crippen molar-refractivity contribution >= 4 is 22.6 Å². The van der Waals surface area contributed by atoms with Crippen molar-refractivity contribution < 1.29 is 10.2 Å². The summed E-state index contributed by atoms with van der Waals surface area (Å²) in [6.45, 7) is 2.16. The Bertz CT molecular complexity index is 472. The summed E-state index contributed by atoms with van der Waals surface area (Å²) >= 11 is 2.37. The number of phenols is 2. The third-order valence-electron chi connectivity index (χ3n) is 3.28. The molecule has 0 aliphatic rings. The van der Waals surface area contributed by atoms with Gasteiger partial charge in [-0.2, -0.15) is 0 Å². The van der Waals surface area contributed by atoms with E-state index in [1.165, 1.54) is 0 Å². The Hall–Kier alpha value is -1.23. The monoisotopic (exact) mass is 354 g/mol. The largest absolute Gasteiger partial charge is 0.508 e. The zero-order valence-corrected chi connectivity index (χ0v) is 12.3. The Kier molecular flexibility index (Phi) is 3.80. The van der Waals surface area contributed by atoms with Gasteiger partial charge in [-0.15, -0.1) is 0 Å². The number of aromatic hydroxyl groups is 2. The molecule has 0 aromatic heterocycles. The second kappa shape index (κ2) is 5.18. The second-order valence-corrected chi connectivity index (χ2v) is 5.32. The van der Waals surface area contributed by atoms with Gasteiger partial charge in [-0.1, -0.05) is 53.8 Å². The van der Waals surface area contributed by atoms with Gasteiger partial charge in [-0.3, -0.25) is 0 Å². The SMILES string of the molecule is CC(CI)(c1ccc(O)cc1)c1ccc(O)cc1. The first-order valence-corrected chi connectivity index (χ1v) is 7.24. The number of halogens is 1. The first-order valence-electron chi connectivity index (χ1n) is 5.71. The molecule has 0 aliphatic heterocycles. The number of hydrogen-bond acceptors (Lipinski definition) is 2. The molecule has 0 bridgehead atoms. The molecule has 2 aromatic rings. The Morgan fingerprint density at radius 1 is 0.833 bits per heavy atom. The highest BCUT2D eigenvalue weighted by Gasteiger charge is 2.27. The molecule has 3 heteroatoms. The number of phenolic OH excluding ortho intramolecular Hbond substituents is 2. The van der Waals surface area contributed by atoms with E-state index in [1.807, 2.05) is 24.3 Å². The minimum Gasteiger partial charge on any atom is -0.508 e. The van der Waals surface area contributed by atoms with Crippen LogP contribution in [0.4, 0.5) is 0 Å². The zero-order chi connectivity index (χ0) is 13.2. The highest BCUT2D eigenvalue weighted by molar-refractivity contribution is 14.1. The van der Waals surface area contributed by atoms with Crippen molar-refractivity contribution in [3.05, 3.63) is 59.7 Å².